The molecule has 3 amide bonds. The van der Waals surface area contributed by atoms with Gasteiger partial charge in [0.25, 0.3) is 17.5 Å². The van der Waals surface area contributed by atoms with E-state index in [1.807, 2.05) is 24.3 Å². The van der Waals surface area contributed by atoms with Crippen molar-refractivity contribution in [3.05, 3.63) is 69.3 Å². The zero-order valence-electron chi connectivity index (χ0n) is 15.0. The number of fused-ring (bicyclic) bond motifs is 1. The molecule has 0 spiro atoms. The molecule has 0 bridgehead atoms. The Morgan fingerprint density at radius 3 is 2.50 bits per heavy atom. The van der Waals surface area contributed by atoms with Gasteiger partial charge in [-0.15, -0.1) is 0 Å². The van der Waals surface area contributed by atoms with Crippen LogP contribution in [0, 0.1) is 10.1 Å². The molecule has 3 rings (SSSR count). The number of carbonyl (C=O) groups is 3. The van der Waals surface area contributed by atoms with E-state index in [2.05, 4.69) is 5.32 Å². The van der Waals surface area contributed by atoms with Gasteiger partial charge in [-0.2, -0.15) is 0 Å². The van der Waals surface area contributed by atoms with Crippen LogP contribution in [0.3, 0.4) is 0 Å². The summed E-state index contributed by atoms with van der Waals surface area (Å²) in [6, 6.07) is 11.2. The zero-order chi connectivity index (χ0) is 20.3. The fraction of sp³-hybridized carbons (Fsp3) is 0.211. The van der Waals surface area contributed by atoms with E-state index in [1.165, 1.54) is 12.1 Å². The molecule has 0 unspecified atom stereocenters. The van der Waals surface area contributed by atoms with E-state index in [9.17, 15) is 24.5 Å². The Morgan fingerprint density at radius 1 is 1.14 bits per heavy atom. The molecule has 0 atom stereocenters. The molecule has 0 saturated carbocycles. The van der Waals surface area contributed by atoms with Crippen LogP contribution in [-0.4, -0.2) is 47.7 Å². The first-order valence-electron chi connectivity index (χ1n) is 8.45. The van der Waals surface area contributed by atoms with Crippen LogP contribution in [-0.2, 0) is 11.2 Å². The Bertz CT molecular complexity index is 955. The molecule has 0 saturated heterocycles. The molecule has 1 heterocycles. The van der Waals surface area contributed by atoms with Crippen molar-refractivity contribution in [2.45, 2.75) is 6.42 Å². The summed E-state index contributed by atoms with van der Waals surface area (Å²) >= 11 is 0. The lowest BCUT2D eigenvalue weighted by Gasteiger charge is -2.13. The molecule has 9 nitrogen and oxygen atoms in total. The molecule has 28 heavy (non-hydrogen) atoms. The second-order valence-electron chi connectivity index (χ2n) is 6.10. The number of nitro groups is 1. The topological polar surface area (TPSA) is 119 Å². The Hall–Kier alpha value is -3.75. The van der Waals surface area contributed by atoms with E-state index in [0.717, 1.165) is 22.3 Å². The van der Waals surface area contributed by atoms with Crippen LogP contribution in [0.2, 0.25) is 0 Å². The highest BCUT2D eigenvalue weighted by molar-refractivity contribution is 6.24. The Kier molecular flexibility index (Phi) is 5.35. The minimum atomic E-state index is -0.836. The summed E-state index contributed by atoms with van der Waals surface area (Å²) in [6.45, 7) is -0.180. The predicted molar refractivity (Wildman–Crippen MR) is 98.2 cm³/mol. The Balaban J connectivity index is 1.60. The first kappa shape index (κ1) is 19.0. The van der Waals surface area contributed by atoms with E-state index in [4.69, 9.17) is 4.74 Å². The van der Waals surface area contributed by atoms with E-state index >= 15 is 0 Å². The highest BCUT2D eigenvalue weighted by Gasteiger charge is 2.41. The van der Waals surface area contributed by atoms with Crippen molar-refractivity contribution in [1.82, 2.24) is 10.2 Å². The summed E-state index contributed by atoms with van der Waals surface area (Å²) in [6.07, 6.45) is 0.559. The number of imide groups is 1. The number of nitrogens with zero attached hydrogens (tertiary/aromatic N) is 2. The number of amides is 3. The number of carbonyl (C=O) groups excluding carboxylic acids is 3. The predicted octanol–water partition coefficient (Wildman–Crippen LogP) is 1.56. The first-order chi connectivity index (χ1) is 13.4. The third-order valence-corrected chi connectivity index (χ3v) is 4.37. The van der Waals surface area contributed by atoms with Crippen LogP contribution < -0.4 is 10.1 Å². The molecule has 0 radical (unpaired) electrons. The summed E-state index contributed by atoms with van der Waals surface area (Å²) in [5.41, 5.74) is 0.199. The van der Waals surface area contributed by atoms with Gasteiger partial charge in [0.2, 0.25) is 5.91 Å². The molecule has 2 aromatic carbocycles. The van der Waals surface area contributed by atoms with Crippen molar-refractivity contribution >= 4 is 23.4 Å². The SMILES string of the molecule is COc1ccc(CCNC(=O)CN2C(=O)c3cccc([N+](=O)[O-])c3C2=O)cc1. The van der Waals surface area contributed by atoms with Gasteiger partial charge in [0.15, 0.2) is 0 Å². The fourth-order valence-corrected chi connectivity index (χ4v) is 2.95. The van der Waals surface area contributed by atoms with Gasteiger partial charge in [-0.05, 0) is 30.2 Å². The maximum atomic E-state index is 12.4. The maximum Gasteiger partial charge on any atom is 0.282 e. The number of nitrogens with one attached hydrogen (secondary N) is 1. The van der Waals surface area contributed by atoms with Crippen LogP contribution >= 0.6 is 0 Å². The average Bonchev–Trinajstić information content (AvgIpc) is 2.93. The van der Waals surface area contributed by atoms with Gasteiger partial charge in [-0.25, -0.2) is 0 Å². The van der Waals surface area contributed by atoms with Crippen LogP contribution in [0.4, 0.5) is 5.69 Å². The number of benzene rings is 2. The minimum Gasteiger partial charge on any atom is -0.497 e. The van der Waals surface area contributed by atoms with Crippen LogP contribution in [0.5, 0.6) is 5.75 Å². The summed E-state index contributed by atoms with van der Waals surface area (Å²) in [5, 5.41) is 13.7. The highest BCUT2D eigenvalue weighted by Crippen LogP contribution is 2.30. The summed E-state index contributed by atoms with van der Waals surface area (Å²) in [4.78, 5) is 48.0. The summed E-state index contributed by atoms with van der Waals surface area (Å²) in [5.74, 6) is -1.34. The minimum absolute atomic E-state index is 0.0646. The maximum absolute atomic E-state index is 12.4. The van der Waals surface area contributed by atoms with E-state index in [1.54, 1.807) is 7.11 Å². The zero-order valence-corrected chi connectivity index (χ0v) is 15.0. The quantitative estimate of drug-likeness (QED) is 0.440. The molecule has 0 aliphatic carbocycles. The molecule has 0 aromatic heterocycles. The van der Waals surface area contributed by atoms with Crippen LogP contribution in [0.15, 0.2) is 42.5 Å². The lowest BCUT2D eigenvalue weighted by atomic mass is 10.1. The lowest BCUT2D eigenvalue weighted by Crippen LogP contribution is -2.40. The second kappa shape index (κ2) is 7.87. The first-order valence-corrected chi connectivity index (χ1v) is 8.45. The van der Waals surface area contributed by atoms with Crippen molar-refractivity contribution < 1.29 is 24.0 Å². The Labute approximate surface area is 160 Å². The molecular weight excluding hydrogens is 366 g/mol. The normalized spacial score (nSPS) is 12.7. The van der Waals surface area contributed by atoms with Gasteiger partial charge in [0, 0.05) is 12.6 Å². The number of rotatable bonds is 7. The highest BCUT2D eigenvalue weighted by atomic mass is 16.6. The van der Waals surface area contributed by atoms with Gasteiger partial charge in [0.1, 0.15) is 17.9 Å². The van der Waals surface area contributed by atoms with Crippen LogP contribution in [0.25, 0.3) is 0 Å². The average molecular weight is 383 g/mol. The standard InChI is InChI=1S/C19H17N3O6/c1-28-13-7-5-12(6-8-13)9-10-20-16(23)11-21-18(24)14-3-2-4-15(22(26)27)17(14)19(21)25/h2-8H,9-11H2,1H3,(H,20,23). The van der Waals surface area contributed by atoms with E-state index in [-0.39, 0.29) is 11.1 Å². The lowest BCUT2D eigenvalue weighted by molar-refractivity contribution is -0.385. The molecule has 1 aliphatic rings. The number of nitro benzene ring substituents is 1. The smallest absolute Gasteiger partial charge is 0.282 e. The van der Waals surface area contributed by atoms with Gasteiger partial charge < -0.3 is 10.1 Å². The van der Waals surface area contributed by atoms with E-state index in [0.29, 0.717) is 13.0 Å². The van der Waals surface area contributed by atoms with Crippen LogP contribution in [0.1, 0.15) is 26.3 Å². The van der Waals surface area contributed by atoms with Crippen molar-refractivity contribution in [2.24, 2.45) is 0 Å². The summed E-state index contributed by atoms with van der Waals surface area (Å²) < 4.78 is 5.07. The second-order valence-corrected chi connectivity index (χ2v) is 6.10. The van der Waals surface area contributed by atoms with E-state index < -0.39 is 34.9 Å². The van der Waals surface area contributed by atoms with Crippen molar-refractivity contribution in [1.29, 1.82) is 0 Å². The molecule has 144 valence electrons. The molecule has 2 aromatic rings. The summed E-state index contributed by atoms with van der Waals surface area (Å²) in [7, 11) is 1.57. The fourth-order valence-electron chi connectivity index (χ4n) is 2.95. The van der Waals surface area contributed by atoms with Crippen molar-refractivity contribution in [3.63, 3.8) is 0 Å². The van der Waals surface area contributed by atoms with Crippen molar-refractivity contribution in [3.8, 4) is 5.75 Å². The molecule has 9 heteroatoms. The van der Waals surface area contributed by atoms with Gasteiger partial charge >= 0.3 is 0 Å². The van der Waals surface area contributed by atoms with Gasteiger partial charge in [-0.1, -0.05) is 18.2 Å². The van der Waals surface area contributed by atoms with Gasteiger partial charge in [0.05, 0.1) is 17.6 Å². The molecule has 1 N–H and O–H groups in total. The number of methoxy groups -OCH3 is 1. The molecular formula is C19H17N3O6. The van der Waals surface area contributed by atoms with Gasteiger partial charge in [-0.3, -0.25) is 29.4 Å². The number of hydrogen-bond donors (Lipinski definition) is 1. The Morgan fingerprint density at radius 2 is 1.86 bits per heavy atom. The monoisotopic (exact) mass is 383 g/mol. The third-order valence-electron chi connectivity index (χ3n) is 4.37. The third kappa shape index (κ3) is 3.68. The van der Waals surface area contributed by atoms with Crippen molar-refractivity contribution in [2.75, 3.05) is 20.2 Å². The largest absolute Gasteiger partial charge is 0.497 e. The molecule has 0 fully saturated rings. The molecule has 1 aliphatic heterocycles. The number of hydrogen-bond acceptors (Lipinski definition) is 6. The number of ether oxygens (including phenoxy) is 1.